The number of nitrogen functional groups attached to an aromatic ring is 1. The van der Waals surface area contributed by atoms with Gasteiger partial charge >= 0.3 is 0 Å². The molecular formula is C12H14N2O3S. The number of methoxy groups -OCH3 is 3. The Morgan fingerprint density at radius 2 is 1.67 bits per heavy atom. The van der Waals surface area contributed by atoms with E-state index >= 15 is 0 Å². The molecule has 0 saturated heterocycles. The summed E-state index contributed by atoms with van der Waals surface area (Å²) in [6, 6.07) is 3.69. The van der Waals surface area contributed by atoms with Crippen LogP contribution in [0.3, 0.4) is 0 Å². The summed E-state index contributed by atoms with van der Waals surface area (Å²) in [5.41, 5.74) is 6.51. The molecule has 0 aliphatic heterocycles. The highest BCUT2D eigenvalue weighted by molar-refractivity contribution is 7.13. The van der Waals surface area contributed by atoms with Crippen LogP contribution in [0.25, 0.3) is 10.6 Å². The predicted molar refractivity (Wildman–Crippen MR) is 71.6 cm³/mol. The first-order valence-corrected chi connectivity index (χ1v) is 6.09. The Balaban J connectivity index is 2.56. The Bertz CT molecular complexity index is 529. The van der Waals surface area contributed by atoms with Gasteiger partial charge < -0.3 is 19.9 Å². The molecule has 0 unspecified atom stereocenters. The molecule has 2 rings (SSSR count). The molecule has 1 aromatic carbocycles. The van der Waals surface area contributed by atoms with Gasteiger partial charge in [0.2, 0.25) is 5.75 Å². The molecule has 0 atom stereocenters. The van der Waals surface area contributed by atoms with Crippen LogP contribution in [0.5, 0.6) is 17.2 Å². The predicted octanol–water partition coefficient (Wildman–Crippen LogP) is 2.42. The number of hydrogen-bond acceptors (Lipinski definition) is 6. The van der Waals surface area contributed by atoms with E-state index in [9.17, 15) is 0 Å². The van der Waals surface area contributed by atoms with Crippen molar-refractivity contribution in [3.8, 4) is 27.8 Å². The van der Waals surface area contributed by atoms with Crippen LogP contribution < -0.4 is 19.9 Å². The molecule has 0 radical (unpaired) electrons. The number of ether oxygens (including phenoxy) is 3. The maximum atomic E-state index is 5.63. The van der Waals surface area contributed by atoms with Crippen molar-refractivity contribution in [3.63, 3.8) is 0 Å². The van der Waals surface area contributed by atoms with Gasteiger partial charge in [0, 0.05) is 10.9 Å². The van der Waals surface area contributed by atoms with Crippen LogP contribution in [0.15, 0.2) is 17.5 Å². The third kappa shape index (κ3) is 2.19. The number of nitrogens with zero attached hydrogens (tertiary/aromatic N) is 1. The average Bonchev–Trinajstić information content (AvgIpc) is 2.83. The van der Waals surface area contributed by atoms with Gasteiger partial charge in [-0.3, -0.25) is 0 Å². The molecule has 0 aliphatic carbocycles. The number of hydrogen-bond donors (Lipinski definition) is 1. The molecule has 2 aromatic rings. The van der Waals surface area contributed by atoms with Crippen LogP contribution in [0.4, 0.5) is 5.82 Å². The zero-order valence-electron chi connectivity index (χ0n) is 10.4. The van der Waals surface area contributed by atoms with Crippen LogP contribution >= 0.6 is 11.3 Å². The molecule has 6 heteroatoms. The molecule has 1 aromatic heterocycles. The van der Waals surface area contributed by atoms with E-state index in [-0.39, 0.29) is 0 Å². The van der Waals surface area contributed by atoms with Crippen LogP contribution in [-0.4, -0.2) is 26.3 Å². The SMILES string of the molecule is COc1cc(-c2nc(N)cs2)cc(OC)c1OC. The first-order valence-electron chi connectivity index (χ1n) is 5.21. The second kappa shape index (κ2) is 5.14. The van der Waals surface area contributed by atoms with Crippen molar-refractivity contribution in [2.24, 2.45) is 0 Å². The van der Waals surface area contributed by atoms with Gasteiger partial charge in [-0.15, -0.1) is 11.3 Å². The largest absolute Gasteiger partial charge is 0.493 e. The van der Waals surface area contributed by atoms with Gasteiger partial charge in [0.15, 0.2) is 11.5 Å². The van der Waals surface area contributed by atoms with Gasteiger partial charge in [-0.2, -0.15) is 0 Å². The van der Waals surface area contributed by atoms with Gasteiger partial charge in [0.25, 0.3) is 0 Å². The number of nitrogens with two attached hydrogens (primary N) is 1. The summed E-state index contributed by atoms with van der Waals surface area (Å²) in [5.74, 6) is 2.26. The Kier molecular flexibility index (Phi) is 3.57. The second-order valence-corrected chi connectivity index (χ2v) is 4.35. The first-order chi connectivity index (χ1) is 8.69. The molecule has 0 amide bonds. The summed E-state index contributed by atoms with van der Waals surface area (Å²) in [6.07, 6.45) is 0. The van der Waals surface area contributed by atoms with E-state index in [0.29, 0.717) is 23.1 Å². The van der Waals surface area contributed by atoms with Crippen molar-refractivity contribution in [2.45, 2.75) is 0 Å². The normalized spacial score (nSPS) is 10.2. The summed E-state index contributed by atoms with van der Waals surface area (Å²) in [5, 5.41) is 2.60. The number of rotatable bonds is 4. The third-order valence-electron chi connectivity index (χ3n) is 2.43. The minimum Gasteiger partial charge on any atom is -0.493 e. The third-order valence-corrected chi connectivity index (χ3v) is 3.34. The highest BCUT2D eigenvalue weighted by Gasteiger charge is 2.15. The lowest BCUT2D eigenvalue weighted by atomic mass is 10.2. The van der Waals surface area contributed by atoms with Crippen LogP contribution in [0.2, 0.25) is 0 Å². The van der Waals surface area contributed by atoms with Gasteiger partial charge in [0.05, 0.1) is 21.3 Å². The molecular weight excluding hydrogens is 252 g/mol. The summed E-state index contributed by atoms with van der Waals surface area (Å²) < 4.78 is 15.8. The Morgan fingerprint density at radius 1 is 1.06 bits per heavy atom. The van der Waals surface area contributed by atoms with Gasteiger partial charge in [0.1, 0.15) is 10.8 Å². The van der Waals surface area contributed by atoms with Gasteiger partial charge in [-0.1, -0.05) is 0 Å². The number of benzene rings is 1. The van der Waals surface area contributed by atoms with E-state index in [4.69, 9.17) is 19.9 Å². The zero-order chi connectivity index (χ0) is 13.1. The highest BCUT2D eigenvalue weighted by atomic mass is 32.1. The quantitative estimate of drug-likeness (QED) is 0.920. The van der Waals surface area contributed by atoms with Crippen molar-refractivity contribution in [2.75, 3.05) is 27.1 Å². The van der Waals surface area contributed by atoms with Gasteiger partial charge in [-0.25, -0.2) is 4.98 Å². The van der Waals surface area contributed by atoms with E-state index in [1.807, 2.05) is 12.1 Å². The monoisotopic (exact) mass is 266 g/mol. The summed E-state index contributed by atoms with van der Waals surface area (Å²) in [6.45, 7) is 0. The molecule has 0 saturated carbocycles. The van der Waals surface area contributed by atoms with Crippen molar-refractivity contribution >= 4 is 17.2 Å². The zero-order valence-corrected chi connectivity index (χ0v) is 11.2. The summed E-state index contributed by atoms with van der Waals surface area (Å²) in [4.78, 5) is 4.23. The van der Waals surface area contributed by atoms with Crippen LogP contribution in [0.1, 0.15) is 0 Å². The lowest BCUT2D eigenvalue weighted by molar-refractivity contribution is 0.324. The summed E-state index contributed by atoms with van der Waals surface area (Å²) >= 11 is 1.47. The molecule has 1 heterocycles. The van der Waals surface area contributed by atoms with E-state index in [0.717, 1.165) is 10.6 Å². The maximum Gasteiger partial charge on any atom is 0.203 e. The topological polar surface area (TPSA) is 66.6 Å². The lowest BCUT2D eigenvalue weighted by Gasteiger charge is -2.13. The average molecular weight is 266 g/mol. The molecule has 2 N–H and O–H groups in total. The molecule has 0 aliphatic rings. The maximum absolute atomic E-state index is 5.63. The Hall–Kier alpha value is -1.95. The van der Waals surface area contributed by atoms with Gasteiger partial charge in [-0.05, 0) is 12.1 Å². The molecule has 0 fully saturated rings. The van der Waals surface area contributed by atoms with E-state index < -0.39 is 0 Å². The summed E-state index contributed by atoms with van der Waals surface area (Å²) in [7, 11) is 4.73. The smallest absolute Gasteiger partial charge is 0.203 e. The number of anilines is 1. The minimum absolute atomic E-state index is 0.503. The highest BCUT2D eigenvalue weighted by Crippen LogP contribution is 2.41. The fourth-order valence-electron chi connectivity index (χ4n) is 1.62. The molecule has 96 valence electrons. The van der Waals surface area contributed by atoms with Crippen molar-refractivity contribution in [1.29, 1.82) is 0 Å². The van der Waals surface area contributed by atoms with Crippen LogP contribution in [0, 0.1) is 0 Å². The number of thiazole rings is 1. The van der Waals surface area contributed by atoms with E-state index in [2.05, 4.69) is 4.98 Å². The first kappa shape index (κ1) is 12.5. The molecule has 5 nitrogen and oxygen atoms in total. The lowest BCUT2D eigenvalue weighted by Crippen LogP contribution is -1.95. The van der Waals surface area contributed by atoms with Crippen LogP contribution in [-0.2, 0) is 0 Å². The molecule has 0 bridgehead atoms. The Morgan fingerprint density at radius 3 is 2.06 bits per heavy atom. The number of aromatic nitrogens is 1. The second-order valence-electron chi connectivity index (χ2n) is 3.49. The fourth-order valence-corrected chi connectivity index (χ4v) is 2.32. The van der Waals surface area contributed by atoms with Crippen molar-refractivity contribution in [1.82, 2.24) is 4.98 Å². The fraction of sp³-hybridized carbons (Fsp3) is 0.250. The van der Waals surface area contributed by atoms with Crippen molar-refractivity contribution in [3.05, 3.63) is 17.5 Å². The molecule has 0 spiro atoms. The minimum atomic E-state index is 0.503. The van der Waals surface area contributed by atoms with Crippen molar-refractivity contribution < 1.29 is 14.2 Å². The van der Waals surface area contributed by atoms with E-state index in [1.165, 1.54) is 11.3 Å². The standard InChI is InChI=1S/C12H14N2O3S/c1-15-8-4-7(12-14-10(13)6-18-12)5-9(16-2)11(8)17-3/h4-6H,13H2,1-3H3. The Labute approximate surface area is 109 Å². The van der Waals surface area contributed by atoms with E-state index in [1.54, 1.807) is 26.7 Å². The molecule has 18 heavy (non-hydrogen) atoms.